The van der Waals surface area contributed by atoms with Crippen LogP contribution in [0.15, 0.2) is 11.8 Å². The maximum Gasteiger partial charge on any atom is 0.00893 e. The van der Waals surface area contributed by atoms with Crippen LogP contribution >= 0.6 is 0 Å². The van der Waals surface area contributed by atoms with Crippen molar-refractivity contribution in [2.45, 2.75) is 27.2 Å². The quantitative estimate of drug-likeness (QED) is 0.612. The van der Waals surface area contributed by atoms with Crippen molar-refractivity contribution in [3.8, 4) is 0 Å². The minimum Gasteiger partial charge on any atom is -0.391 e. The van der Waals surface area contributed by atoms with Crippen LogP contribution in [0, 0.1) is 5.92 Å². The van der Waals surface area contributed by atoms with Gasteiger partial charge in [0.1, 0.15) is 0 Å². The second-order valence-electron chi connectivity index (χ2n) is 2.47. The summed E-state index contributed by atoms with van der Waals surface area (Å²) < 4.78 is 0. The minimum atomic E-state index is 0.634. The van der Waals surface area contributed by atoms with Gasteiger partial charge in [0.2, 0.25) is 0 Å². The molecule has 0 bridgehead atoms. The molecule has 0 spiro atoms. The van der Waals surface area contributed by atoms with E-state index in [2.05, 4.69) is 32.2 Å². The van der Waals surface area contributed by atoms with E-state index < -0.39 is 0 Å². The molecule has 0 saturated heterocycles. The van der Waals surface area contributed by atoms with E-state index in [1.807, 2.05) is 7.05 Å². The normalized spacial score (nSPS) is 12.3. The van der Waals surface area contributed by atoms with Gasteiger partial charge < -0.3 is 5.32 Å². The lowest BCUT2D eigenvalue weighted by Gasteiger charge is -2.09. The molecule has 0 saturated carbocycles. The van der Waals surface area contributed by atoms with Crippen molar-refractivity contribution >= 4 is 0 Å². The Labute approximate surface area is 58.2 Å². The highest BCUT2D eigenvalue weighted by molar-refractivity contribution is 5.00. The molecule has 1 N–H and O–H groups in total. The maximum absolute atomic E-state index is 3.16. The highest BCUT2D eigenvalue weighted by Gasteiger charge is 1.96. The van der Waals surface area contributed by atoms with Crippen LogP contribution < -0.4 is 5.32 Å². The number of allylic oxidation sites excluding steroid dienone is 2. The summed E-state index contributed by atoms with van der Waals surface area (Å²) in [6.07, 6.45) is 3.35. The molecule has 0 aliphatic carbocycles. The second kappa shape index (κ2) is 4.42. The van der Waals surface area contributed by atoms with Crippen molar-refractivity contribution in [3.63, 3.8) is 0 Å². The van der Waals surface area contributed by atoms with Crippen LogP contribution in [0.4, 0.5) is 0 Å². The summed E-state index contributed by atoms with van der Waals surface area (Å²) in [6.45, 7) is 6.54. The molecule has 1 nitrogen and oxygen atoms in total. The summed E-state index contributed by atoms with van der Waals surface area (Å²) in [4.78, 5) is 0. The predicted molar refractivity (Wildman–Crippen MR) is 42.3 cm³/mol. The van der Waals surface area contributed by atoms with Crippen LogP contribution in [0.25, 0.3) is 0 Å². The molecule has 9 heavy (non-hydrogen) atoms. The van der Waals surface area contributed by atoms with Crippen molar-refractivity contribution in [2.24, 2.45) is 5.92 Å². The Bertz CT molecular complexity index is 92.7. The van der Waals surface area contributed by atoms with Gasteiger partial charge in [0.05, 0.1) is 0 Å². The van der Waals surface area contributed by atoms with Crippen LogP contribution in [0.1, 0.15) is 27.2 Å². The van der Waals surface area contributed by atoms with Gasteiger partial charge in [0.25, 0.3) is 0 Å². The van der Waals surface area contributed by atoms with E-state index in [0.717, 1.165) is 6.42 Å². The molecule has 54 valence electrons. The number of hydrogen-bond donors (Lipinski definition) is 1. The van der Waals surface area contributed by atoms with Gasteiger partial charge in [-0.25, -0.2) is 0 Å². The van der Waals surface area contributed by atoms with Crippen molar-refractivity contribution < 1.29 is 0 Å². The SMILES string of the molecule is CC/C=C(\NC)C(C)C. The summed E-state index contributed by atoms with van der Waals surface area (Å²) in [7, 11) is 1.97. The third-order valence-corrected chi connectivity index (χ3v) is 1.33. The number of hydrogen-bond acceptors (Lipinski definition) is 1. The Hall–Kier alpha value is -0.460. The van der Waals surface area contributed by atoms with Crippen LogP contribution in [-0.4, -0.2) is 7.05 Å². The molecule has 0 aromatic rings. The van der Waals surface area contributed by atoms with Gasteiger partial charge in [-0.3, -0.25) is 0 Å². The first kappa shape index (κ1) is 8.54. The van der Waals surface area contributed by atoms with E-state index in [4.69, 9.17) is 0 Å². The molecule has 0 fully saturated rings. The van der Waals surface area contributed by atoms with Crippen LogP contribution in [0.3, 0.4) is 0 Å². The topological polar surface area (TPSA) is 12.0 Å². The molecule has 0 radical (unpaired) electrons. The predicted octanol–water partition coefficient (Wildman–Crippen LogP) is 2.16. The Morgan fingerprint density at radius 1 is 1.56 bits per heavy atom. The summed E-state index contributed by atoms with van der Waals surface area (Å²) in [6, 6.07) is 0. The average molecular weight is 127 g/mol. The molecule has 0 aliphatic rings. The van der Waals surface area contributed by atoms with E-state index in [1.165, 1.54) is 5.70 Å². The molecular formula is C8H17N. The van der Waals surface area contributed by atoms with Gasteiger partial charge in [-0.05, 0) is 12.3 Å². The zero-order valence-corrected chi connectivity index (χ0v) is 6.86. The van der Waals surface area contributed by atoms with Crippen LogP contribution in [-0.2, 0) is 0 Å². The zero-order valence-electron chi connectivity index (χ0n) is 6.86. The lowest BCUT2D eigenvalue weighted by Crippen LogP contribution is -2.11. The Morgan fingerprint density at radius 3 is 2.22 bits per heavy atom. The van der Waals surface area contributed by atoms with Gasteiger partial charge in [0.15, 0.2) is 0 Å². The average Bonchev–Trinajstić information content (AvgIpc) is 1.82. The van der Waals surface area contributed by atoms with Crippen molar-refractivity contribution in [2.75, 3.05) is 7.05 Å². The Balaban J connectivity index is 3.81. The van der Waals surface area contributed by atoms with E-state index in [1.54, 1.807) is 0 Å². The van der Waals surface area contributed by atoms with Gasteiger partial charge in [-0.2, -0.15) is 0 Å². The van der Waals surface area contributed by atoms with E-state index in [-0.39, 0.29) is 0 Å². The van der Waals surface area contributed by atoms with E-state index in [9.17, 15) is 0 Å². The molecule has 0 rings (SSSR count). The molecule has 0 heterocycles. The third-order valence-electron chi connectivity index (χ3n) is 1.33. The molecule has 0 aromatic carbocycles. The largest absolute Gasteiger partial charge is 0.391 e. The second-order valence-corrected chi connectivity index (χ2v) is 2.47. The molecule has 0 atom stereocenters. The summed E-state index contributed by atoms with van der Waals surface area (Å²) in [5.74, 6) is 0.634. The summed E-state index contributed by atoms with van der Waals surface area (Å²) in [5.41, 5.74) is 1.34. The van der Waals surface area contributed by atoms with Crippen LogP contribution in [0.5, 0.6) is 0 Å². The Morgan fingerprint density at radius 2 is 2.11 bits per heavy atom. The van der Waals surface area contributed by atoms with Gasteiger partial charge >= 0.3 is 0 Å². The molecule has 1 heteroatoms. The highest BCUT2D eigenvalue weighted by atomic mass is 14.8. The monoisotopic (exact) mass is 127 g/mol. The fourth-order valence-electron chi connectivity index (χ4n) is 0.846. The maximum atomic E-state index is 3.16. The van der Waals surface area contributed by atoms with Crippen molar-refractivity contribution in [1.29, 1.82) is 0 Å². The third kappa shape index (κ3) is 3.17. The van der Waals surface area contributed by atoms with Gasteiger partial charge in [-0.1, -0.05) is 26.8 Å². The van der Waals surface area contributed by atoms with Crippen LogP contribution in [0.2, 0.25) is 0 Å². The van der Waals surface area contributed by atoms with E-state index >= 15 is 0 Å². The molecule has 0 aliphatic heterocycles. The molecule has 0 aromatic heterocycles. The number of nitrogens with one attached hydrogen (secondary N) is 1. The zero-order chi connectivity index (χ0) is 7.28. The fourth-order valence-corrected chi connectivity index (χ4v) is 0.846. The molecular weight excluding hydrogens is 110 g/mol. The minimum absolute atomic E-state index is 0.634. The van der Waals surface area contributed by atoms with Gasteiger partial charge in [0, 0.05) is 12.7 Å². The van der Waals surface area contributed by atoms with E-state index in [0.29, 0.717) is 5.92 Å². The smallest absolute Gasteiger partial charge is 0.00893 e. The van der Waals surface area contributed by atoms with Crippen molar-refractivity contribution in [1.82, 2.24) is 5.32 Å². The molecule has 0 amide bonds. The highest BCUT2D eigenvalue weighted by Crippen LogP contribution is 2.04. The molecule has 0 unspecified atom stereocenters. The lowest BCUT2D eigenvalue weighted by molar-refractivity contribution is 0.693. The standard InChI is InChI=1S/C8H17N/c1-5-6-8(9-4)7(2)3/h6-7,9H,5H2,1-4H3/b8-6-. The summed E-state index contributed by atoms with van der Waals surface area (Å²) in [5, 5.41) is 3.16. The van der Waals surface area contributed by atoms with Gasteiger partial charge in [-0.15, -0.1) is 0 Å². The fraction of sp³-hybridized carbons (Fsp3) is 0.750. The van der Waals surface area contributed by atoms with Crippen molar-refractivity contribution in [3.05, 3.63) is 11.8 Å². The lowest BCUT2D eigenvalue weighted by atomic mass is 10.1. The first-order valence-electron chi connectivity index (χ1n) is 3.60. The first-order chi connectivity index (χ1) is 4.22. The summed E-state index contributed by atoms with van der Waals surface area (Å²) >= 11 is 0. The first-order valence-corrected chi connectivity index (χ1v) is 3.60. The Kier molecular flexibility index (Phi) is 4.20. The number of rotatable bonds is 3.